The summed E-state index contributed by atoms with van der Waals surface area (Å²) in [7, 11) is 0. The lowest BCUT2D eigenvalue weighted by molar-refractivity contribution is 0.0491. The highest BCUT2D eigenvalue weighted by molar-refractivity contribution is 4.95. The molecule has 0 aromatic carbocycles. The SMILES string of the molecule is CC(C)CC1CN(C(C)C2CC2)C(C(C)C)CN1. The molecule has 0 amide bonds. The first-order chi connectivity index (χ1) is 8.49. The van der Waals surface area contributed by atoms with Gasteiger partial charge in [0.25, 0.3) is 0 Å². The third-order valence-electron chi connectivity index (χ3n) is 4.83. The van der Waals surface area contributed by atoms with Gasteiger partial charge in [0.1, 0.15) is 0 Å². The van der Waals surface area contributed by atoms with Crippen molar-refractivity contribution in [1.29, 1.82) is 0 Å². The minimum atomic E-state index is 0.709. The molecule has 1 aliphatic heterocycles. The molecule has 0 spiro atoms. The summed E-state index contributed by atoms with van der Waals surface area (Å²) < 4.78 is 0. The first kappa shape index (κ1) is 14.3. The first-order valence-electron chi connectivity index (χ1n) is 7.98. The van der Waals surface area contributed by atoms with E-state index in [1.807, 2.05) is 0 Å². The van der Waals surface area contributed by atoms with Crippen LogP contribution in [0.25, 0.3) is 0 Å². The summed E-state index contributed by atoms with van der Waals surface area (Å²) in [5, 5.41) is 3.78. The van der Waals surface area contributed by atoms with Crippen LogP contribution in [-0.4, -0.2) is 36.1 Å². The predicted octanol–water partition coefficient (Wildman–Crippen LogP) is 3.13. The van der Waals surface area contributed by atoms with E-state index in [0.29, 0.717) is 6.04 Å². The van der Waals surface area contributed by atoms with Crippen LogP contribution >= 0.6 is 0 Å². The number of rotatable bonds is 5. The van der Waals surface area contributed by atoms with Crippen molar-refractivity contribution in [2.75, 3.05) is 13.1 Å². The molecule has 1 saturated heterocycles. The van der Waals surface area contributed by atoms with Crippen LogP contribution in [0.15, 0.2) is 0 Å². The Morgan fingerprint density at radius 1 is 1.11 bits per heavy atom. The summed E-state index contributed by atoms with van der Waals surface area (Å²) in [6, 6.07) is 2.25. The minimum Gasteiger partial charge on any atom is -0.311 e. The highest BCUT2D eigenvalue weighted by Crippen LogP contribution is 2.37. The van der Waals surface area contributed by atoms with Crippen LogP contribution in [0.2, 0.25) is 0 Å². The summed E-state index contributed by atoms with van der Waals surface area (Å²) in [6.45, 7) is 14.3. The Hall–Kier alpha value is -0.0800. The molecule has 1 saturated carbocycles. The molecule has 0 radical (unpaired) electrons. The van der Waals surface area contributed by atoms with Crippen molar-refractivity contribution in [3.05, 3.63) is 0 Å². The van der Waals surface area contributed by atoms with Gasteiger partial charge >= 0.3 is 0 Å². The molecule has 2 nitrogen and oxygen atoms in total. The van der Waals surface area contributed by atoms with Crippen LogP contribution in [0.5, 0.6) is 0 Å². The first-order valence-corrected chi connectivity index (χ1v) is 7.98. The van der Waals surface area contributed by atoms with Gasteiger partial charge in [-0.15, -0.1) is 0 Å². The van der Waals surface area contributed by atoms with Crippen molar-refractivity contribution < 1.29 is 0 Å². The standard InChI is InChI=1S/C16H32N2/c1-11(2)8-15-10-18(13(5)14-6-7-14)16(9-17-15)12(3)4/h11-17H,6-10H2,1-5H3. The van der Waals surface area contributed by atoms with Crippen LogP contribution in [0, 0.1) is 17.8 Å². The lowest BCUT2D eigenvalue weighted by Crippen LogP contribution is -2.61. The van der Waals surface area contributed by atoms with E-state index in [2.05, 4.69) is 44.8 Å². The smallest absolute Gasteiger partial charge is 0.0247 e. The van der Waals surface area contributed by atoms with Gasteiger partial charge in [-0.05, 0) is 43.9 Å². The topological polar surface area (TPSA) is 15.3 Å². The van der Waals surface area contributed by atoms with Gasteiger partial charge in [-0.3, -0.25) is 4.90 Å². The predicted molar refractivity (Wildman–Crippen MR) is 78.8 cm³/mol. The lowest BCUT2D eigenvalue weighted by atomic mass is 9.93. The molecule has 0 aromatic rings. The Balaban J connectivity index is 1.98. The molecular weight excluding hydrogens is 220 g/mol. The summed E-state index contributed by atoms with van der Waals surface area (Å²) in [4.78, 5) is 2.83. The molecule has 1 N–H and O–H groups in total. The zero-order chi connectivity index (χ0) is 13.3. The maximum Gasteiger partial charge on any atom is 0.0247 e. The minimum absolute atomic E-state index is 0.709. The van der Waals surface area contributed by atoms with Gasteiger partial charge in [0, 0.05) is 31.2 Å². The van der Waals surface area contributed by atoms with Gasteiger partial charge in [-0.25, -0.2) is 0 Å². The fourth-order valence-electron chi connectivity index (χ4n) is 3.52. The summed E-state index contributed by atoms with van der Waals surface area (Å²) in [5.41, 5.74) is 0. The molecule has 2 heteroatoms. The van der Waals surface area contributed by atoms with Crippen LogP contribution < -0.4 is 5.32 Å². The fraction of sp³-hybridized carbons (Fsp3) is 1.00. The second-order valence-electron chi connectivity index (χ2n) is 7.32. The number of nitrogens with one attached hydrogen (secondary N) is 1. The molecule has 3 unspecified atom stereocenters. The maximum atomic E-state index is 3.78. The summed E-state index contributed by atoms with van der Waals surface area (Å²) in [5.74, 6) is 2.55. The Kier molecular flexibility index (Phi) is 4.71. The molecule has 1 heterocycles. The van der Waals surface area contributed by atoms with E-state index in [1.165, 1.54) is 32.4 Å². The van der Waals surface area contributed by atoms with Gasteiger partial charge in [0.05, 0.1) is 0 Å². The van der Waals surface area contributed by atoms with E-state index in [0.717, 1.165) is 29.8 Å². The van der Waals surface area contributed by atoms with Gasteiger partial charge in [0.2, 0.25) is 0 Å². The highest BCUT2D eigenvalue weighted by Gasteiger charge is 2.39. The number of hydrogen-bond acceptors (Lipinski definition) is 2. The van der Waals surface area contributed by atoms with E-state index in [-0.39, 0.29) is 0 Å². The van der Waals surface area contributed by atoms with E-state index in [9.17, 15) is 0 Å². The molecule has 1 aliphatic carbocycles. The van der Waals surface area contributed by atoms with Crippen molar-refractivity contribution in [1.82, 2.24) is 10.2 Å². The molecule has 0 aromatic heterocycles. The van der Waals surface area contributed by atoms with Crippen LogP contribution in [0.4, 0.5) is 0 Å². The third-order valence-corrected chi connectivity index (χ3v) is 4.83. The largest absolute Gasteiger partial charge is 0.311 e. The normalized spacial score (nSPS) is 32.2. The molecule has 3 atom stereocenters. The second-order valence-corrected chi connectivity index (χ2v) is 7.32. The molecule has 106 valence electrons. The van der Waals surface area contributed by atoms with E-state index >= 15 is 0 Å². The van der Waals surface area contributed by atoms with Crippen molar-refractivity contribution in [2.24, 2.45) is 17.8 Å². The van der Waals surface area contributed by atoms with E-state index < -0.39 is 0 Å². The average Bonchev–Trinajstić information content (AvgIpc) is 3.10. The number of nitrogens with zero attached hydrogens (tertiary/aromatic N) is 1. The van der Waals surface area contributed by atoms with Crippen molar-refractivity contribution in [2.45, 2.75) is 72.0 Å². The van der Waals surface area contributed by atoms with Gasteiger partial charge in [-0.2, -0.15) is 0 Å². The Morgan fingerprint density at radius 3 is 2.28 bits per heavy atom. The second kappa shape index (κ2) is 5.92. The molecule has 0 bridgehead atoms. The molecule has 18 heavy (non-hydrogen) atoms. The average molecular weight is 252 g/mol. The Bertz CT molecular complexity index is 258. The summed E-state index contributed by atoms with van der Waals surface area (Å²) >= 11 is 0. The maximum absolute atomic E-state index is 3.78. The quantitative estimate of drug-likeness (QED) is 0.809. The van der Waals surface area contributed by atoms with E-state index in [4.69, 9.17) is 0 Å². The number of hydrogen-bond donors (Lipinski definition) is 1. The van der Waals surface area contributed by atoms with Crippen molar-refractivity contribution >= 4 is 0 Å². The Labute approximate surface area is 114 Å². The van der Waals surface area contributed by atoms with Crippen molar-refractivity contribution in [3.8, 4) is 0 Å². The Morgan fingerprint density at radius 2 is 1.78 bits per heavy atom. The van der Waals surface area contributed by atoms with Gasteiger partial charge < -0.3 is 5.32 Å². The summed E-state index contributed by atoms with van der Waals surface area (Å²) in [6.07, 6.45) is 4.24. The van der Waals surface area contributed by atoms with E-state index in [1.54, 1.807) is 0 Å². The van der Waals surface area contributed by atoms with Crippen LogP contribution in [-0.2, 0) is 0 Å². The molecular formula is C16H32N2. The highest BCUT2D eigenvalue weighted by atomic mass is 15.3. The number of piperazine rings is 1. The van der Waals surface area contributed by atoms with Gasteiger partial charge in [-0.1, -0.05) is 27.7 Å². The van der Waals surface area contributed by atoms with Crippen LogP contribution in [0.1, 0.15) is 53.9 Å². The van der Waals surface area contributed by atoms with Crippen LogP contribution in [0.3, 0.4) is 0 Å². The van der Waals surface area contributed by atoms with Crippen molar-refractivity contribution in [3.63, 3.8) is 0 Å². The van der Waals surface area contributed by atoms with Gasteiger partial charge in [0.15, 0.2) is 0 Å². The zero-order valence-electron chi connectivity index (χ0n) is 12.9. The molecule has 2 aliphatic rings. The lowest BCUT2D eigenvalue weighted by Gasteiger charge is -2.46. The third kappa shape index (κ3) is 3.48. The monoisotopic (exact) mass is 252 g/mol. The fourth-order valence-corrected chi connectivity index (χ4v) is 3.52. The zero-order valence-corrected chi connectivity index (χ0v) is 12.9. The molecule has 2 fully saturated rings. The molecule has 2 rings (SSSR count).